The number of ether oxygens (including phenoxy) is 2. The lowest BCUT2D eigenvalue weighted by Gasteiger charge is -2.53. The largest absolute Gasteiger partial charge is 0.378 e. The van der Waals surface area contributed by atoms with Gasteiger partial charge in [-0.1, -0.05) is 18.3 Å². The third kappa shape index (κ3) is 4.07. The summed E-state index contributed by atoms with van der Waals surface area (Å²) in [5.41, 5.74) is 1.50. The summed E-state index contributed by atoms with van der Waals surface area (Å²) in [6, 6.07) is 8.23. The summed E-state index contributed by atoms with van der Waals surface area (Å²) in [7, 11) is 0. The smallest absolute Gasteiger partial charge is 0.253 e. The van der Waals surface area contributed by atoms with Crippen molar-refractivity contribution in [2.24, 2.45) is 5.92 Å². The Morgan fingerprint density at radius 1 is 1.03 bits per heavy atom. The second-order valence-corrected chi connectivity index (χ2v) is 8.98. The van der Waals surface area contributed by atoms with E-state index in [2.05, 4.69) is 16.7 Å². The lowest BCUT2D eigenvalue weighted by atomic mass is 9.89. The van der Waals surface area contributed by atoms with Crippen LogP contribution in [0.2, 0.25) is 0 Å². The summed E-state index contributed by atoms with van der Waals surface area (Å²) >= 11 is 0. The van der Waals surface area contributed by atoms with Crippen LogP contribution in [-0.4, -0.2) is 73.3 Å². The van der Waals surface area contributed by atoms with E-state index < -0.39 is 0 Å². The molecule has 1 saturated carbocycles. The van der Waals surface area contributed by atoms with Crippen molar-refractivity contribution in [3.8, 4) is 11.8 Å². The Morgan fingerprint density at radius 3 is 2.69 bits per heavy atom. The standard InChI is InChI=1S/C24H30N2O3/c27-23(21-10-8-20(9-11-21)7-6-19-4-5-19)25-13-14-28-17-24(16-25)18-29-15-22-3-1-2-12-26(22)24/h8-11,19,22H,1-5,12-18H2/t22-,24+/m1/s1. The second kappa shape index (κ2) is 8.10. The Bertz CT molecular complexity index is 806. The average molecular weight is 395 g/mol. The fraction of sp³-hybridized carbons (Fsp3) is 0.625. The molecule has 0 aromatic heterocycles. The van der Waals surface area contributed by atoms with Crippen molar-refractivity contribution in [3.63, 3.8) is 0 Å². The number of fused-ring (bicyclic) bond motifs is 2. The average Bonchev–Trinajstić information content (AvgIpc) is 3.60. The highest BCUT2D eigenvalue weighted by Crippen LogP contribution is 2.33. The third-order valence-electron chi connectivity index (χ3n) is 6.70. The number of nitrogens with zero attached hydrogens (tertiary/aromatic N) is 2. The predicted octanol–water partition coefficient (Wildman–Crippen LogP) is 2.54. The highest BCUT2D eigenvalue weighted by atomic mass is 16.5. The Labute approximate surface area is 173 Å². The number of carbonyl (C=O) groups is 1. The van der Waals surface area contributed by atoms with Crippen molar-refractivity contribution in [1.29, 1.82) is 0 Å². The molecule has 5 nitrogen and oxygen atoms in total. The molecule has 1 aromatic rings. The van der Waals surface area contributed by atoms with Crippen LogP contribution in [0.25, 0.3) is 0 Å². The van der Waals surface area contributed by atoms with Gasteiger partial charge in [-0.15, -0.1) is 0 Å². The minimum absolute atomic E-state index is 0.0794. The molecule has 2 atom stereocenters. The number of hydrogen-bond donors (Lipinski definition) is 0. The van der Waals surface area contributed by atoms with E-state index in [0.29, 0.717) is 44.9 Å². The quantitative estimate of drug-likeness (QED) is 0.687. The molecule has 0 radical (unpaired) electrons. The van der Waals surface area contributed by atoms with Crippen molar-refractivity contribution in [1.82, 2.24) is 9.80 Å². The molecule has 1 amide bonds. The molecule has 0 bridgehead atoms. The van der Waals surface area contributed by atoms with Crippen LogP contribution in [0.3, 0.4) is 0 Å². The molecule has 5 rings (SSSR count). The van der Waals surface area contributed by atoms with E-state index in [1.807, 2.05) is 29.2 Å². The maximum Gasteiger partial charge on any atom is 0.253 e. The van der Waals surface area contributed by atoms with Crippen molar-refractivity contribution < 1.29 is 14.3 Å². The topological polar surface area (TPSA) is 42.0 Å². The second-order valence-electron chi connectivity index (χ2n) is 8.98. The van der Waals surface area contributed by atoms with Crippen LogP contribution in [0.4, 0.5) is 0 Å². The molecule has 1 aromatic carbocycles. The van der Waals surface area contributed by atoms with E-state index in [1.54, 1.807) is 0 Å². The first kappa shape index (κ1) is 19.1. The molecular weight excluding hydrogens is 364 g/mol. The Morgan fingerprint density at radius 2 is 1.86 bits per heavy atom. The van der Waals surface area contributed by atoms with Gasteiger partial charge in [-0.3, -0.25) is 9.69 Å². The van der Waals surface area contributed by atoms with Crippen LogP contribution in [0.15, 0.2) is 24.3 Å². The van der Waals surface area contributed by atoms with Crippen LogP contribution in [0.1, 0.15) is 48.0 Å². The van der Waals surface area contributed by atoms with Crippen LogP contribution in [-0.2, 0) is 9.47 Å². The number of morpholine rings is 1. The lowest BCUT2D eigenvalue weighted by Crippen LogP contribution is -2.68. The van der Waals surface area contributed by atoms with Crippen molar-refractivity contribution >= 4 is 5.91 Å². The molecule has 0 N–H and O–H groups in total. The summed E-state index contributed by atoms with van der Waals surface area (Å²) < 4.78 is 12.0. The van der Waals surface area contributed by atoms with Gasteiger partial charge in [0.1, 0.15) is 0 Å². The normalized spacial score (nSPS) is 30.2. The van der Waals surface area contributed by atoms with E-state index in [9.17, 15) is 4.79 Å². The van der Waals surface area contributed by atoms with Crippen LogP contribution in [0, 0.1) is 17.8 Å². The minimum atomic E-state index is -0.217. The minimum Gasteiger partial charge on any atom is -0.378 e. The molecule has 3 aliphatic heterocycles. The number of hydrogen-bond acceptors (Lipinski definition) is 4. The lowest BCUT2D eigenvalue weighted by molar-refractivity contribution is -0.140. The van der Waals surface area contributed by atoms with Crippen LogP contribution in [0.5, 0.6) is 0 Å². The first-order valence-electron chi connectivity index (χ1n) is 11.1. The molecule has 4 fully saturated rings. The van der Waals surface area contributed by atoms with Gasteiger partial charge in [0.15, 0.2) is 0 Å². The molecule has 1 spiro atoms. The first-order chi connectivity index (χ1) is 14.2. The third-order valence-corrected chi connectivity index (χ3v) is 6.70. The molecule has 4 aliphatic rings. The maximum absolute atomic E-state index is 13.3. The van der Waals surface area contributed by atoms with Crippen molar-refractivity contribution in [3.05, 3.63) is 35.4 Å². The predicted molar refractivity (Wildman–Crippen MR) is 111 cm³/mol. The maximum atomic E-state index is 13.3. The highest BCUT2D eigenvalue weighted by Gasteiger charge is 2.48. The Hall–Kier alpha value is -1.87. The van der Waals surface area contributed by atoms with Crippen LogP contribution < -0.4 is 0 Å². The summed E-state index contributed by atoms with van der Waals surface area (Å²) in [5.74, 6) is 7.16. The Kier molecular flexibility index (Phi) is 5.34. The molecule has 1 aliphatic carbocycles. The van der Waals surface area contributed by atoms with E-state index in [-0.39, 0.29) is 11.4 Å². The molecule has 3 saturated heterocycles. The zero-order valence-electron chi connectivity index (χ0n) is 17.1. The van der Waals surface area contributed by atoms with Gasteiger partial charge >= 0.3 is 0 Å². The number of carbonyl (C=O) groups excluding carboxylic acids is 1. The summed E-state index contributed by atoms with van der Waals surface area (Å²) in [4.78, 5) is 17.9. The molecule has 0 unspecified atom stereocenters. The zero-order valence-corrected chi connectivity index (χ0v) is 17.1. The SMILES string of the molecule is O=C(c1ccc(C#CC2CC2)cc1)N1CCOC[C@]2(COC[C@H]3CCCCN32)C1. The summed E-state index contributed by atoms with van der Waals surface area (Å²) in [5, 5.41) is 0. The number of rotatable bonds is 1. The summed E-state index contributed by atoms with van der Waals surface area (Å²) in [6.45, 7) is 5.05. The Balaban J connectivity index is 1.33. The number of amides is 1. The molecular formula is C24H30N2O3. The molecule has 154 valence electrons. The van der Waals surface area contributed by atoms with E-state index in [1.165, 1.54) is 32.1 Å². The molecule has 29 heavy (non-hydrogen) atoms. The van der Waals surface area contributed by atoms with E-state index in [0.717, 1.165) is 24.3 Å². The van der Waals surface area contributed by atoms with Gasteiger partial charge in [0.25, 0.3) is 5.91 Å². The van der Waals surface area contributed by atoms with Crippen molar-refractivity contribution in [2.45, 2.75) is 43.7 Å². The molecule has 5 heteroatoms. The van der Waals surface area contributed by atoms with E-state index in [4.69, 9.17) is 9.47 Å². The van der Waals surface area contributed by atoms with E-state index >= 15 is 0 Å². The monoisotopic (exact) mass is 394 g/mol. The van der Waals surface area contributed by atoms with Gasteiger partial charge in [0.05, 0.1) is 32.0 Å². The molecule has 3 heterocycles. The van der Waals surface area contributed by atoms with Gasteiger partial charge in [0, 0.05) is 36.2 Å². The van der Waals surface area contributed by atoms with Gasteiger partial charge in [-0.05, 0) is 56.5 Å². The van der Waals surface area contributed by atoms with Gasteiger partial charge in [-0.25, -0.2) is 0 Å². The number of benzene rings is 1. The van der Waals surface area contributed by atoms with Gasteiger partial charge in [-0.2, -0.15) is 0 Å². The van der Waals surface area contributed by atoms with Gasteiger partial charge in [0.2, 0.25) is 0 Å². The highest BCUT2D eigenvalue weighted by molar-refractivity contribution is 5.94. The number of piperidine rings is 1. The fourth-order valence-corrected chi connectivity index (χ4v) is 4.91. The fourth-order valence-electron chi connectivity index (χ4n) is 4.91. The van der Waals surface area contributed by atoms with Crippen LogP contribution >= 0.6 is 0 Å². The first-order valence-corrected chi connectivity index (χ1v) is 11.1. The summed E-state index contributed by atoms with van der Waals surface area (Å²) in [6.07, 6.45) is 6.11. The van der Waals surface area contributed by atoms with Gasteiger partial charge < -0.3 is 14.4 Å². The zero-order chi connectivity index (χ0) is 19.7. The van der Waals surface area contributed by atoms with Crippen molar-refractivity contribution in [2.75, 3.05) is 46.1 Å².